The smallest absolute Gasteiger partial charge is 0.227 e. The van der Waals surface area contributed by atoms with Crippen LogP contribution in [0, 0.1) is 6.92 Å². The van der Waals surface area contributed by atoms with Gasteiger partial charge in [0, 0.05) is 25.7 Å². The molecule has 1 amide bonds. The van der Waals surface area contributed by atoms with Gasteiger partial charge < -0.3 is 15.1 Å². The van der Waals surface area contributed by atoms with Crippen molar-refractivity contribution in [2.75, 3.05) is 39.3 Å². The molecule has 0 aliphatic carbocycles. The molecule has 2 saturated heterocycles. The molecule has 0 aromatic heterocycles. The van der Waals surface area contributed by atoms with Crippen LogP contribution in [-0.2, 0) is 11.2 Å². The lowest BCUT2D eigenvalue weighted by molar-refractivity contribution is -0.132. The van der Waals surface area contributed by atoms with E-state index in [1.54, 1.807) is 0 Å². The summed E-state index contributed by atoms with van der Waals surface area (Å²) < 4.78 is 0. The maximum atomic E-state index is 13.0. The Labute approximate surface area is 146 Å². The Morgan fingerprint density at radius 1 is 1.25 bits per heavy atom. The van der Waals surface area contributed by atoms with Crippen LogP contribution in [0.1, 0.15) is 36.8 Å². The predicted octanol–water partition coefficient (Wildman–Crippen LogP) is 2.21. The minimum atomic E-state index is 0.287. The van der Waals surface area contributed by atoms with Gasteiger partial charge in [0.05, 0.1) is 6.42 Å². The molecule has 1 atom stereocenters. The van der Waals surface area contributed by atoms with Crippen LogP contribution in [0.3, 0.4) is 0 Å². The first-order chi connectivity index (χ1) is 11.7. The van der Waals surface area contributed by atoms with Gasteiger partial charge in [-0.3, -0.25) is 4.79 Å². The molecule has 1 aromatic carbocycles. The lowest BCUT2D eigenvalue weighted by Crippen LogP contribution is -2.47. The summed E-state index contributed by atoms with van der Waals surface area (Å²) in [5.74, 6) is 0.287. The molecule has 0 saturated carbocycles. The second-order valence-corrected chi connectivity index (χ2v) is 7.24. The van der Waals surface area contributed by atoms with Crippen molar-refractivity contribution in [1.29, 1.82) is 0 Å². The number of aryl methyl sites for hydroxylation is 1. The van der Waals surface area contributed by atoms with Gasteiger partial charge in [0.25, 0.3) is 0 Å². The molecule has 24 heavy (non-hydrogen) atoms. The van der Waals surface area contributed by atoms with Gasteiger partial charge >= 0.3 is 0 Å². The quantitative estimate of drug-likeness (QED) is 0.869. The first-order valence-corrected chi connectivity index (χ1v) is 9.51. The summed E-state index contributed by atoms with van der Waals surface area (Å²) in [6.07, 6.45) is 5.59. The molecule has 2 heterocycles. The maximum Gasteiger partial charge on any atom is 0.227 e. The van der Waals surface area contributed by atoms with Crippen molar-refractivity contribution in [2.45, 2.75) is 45.1 Å². The highest BCUT2D eigenvalue weighted by Gasteiger charge is 2.27. The van der Waals surface area contributed by atoms with Crippen molar-refractivity contribution in [3.05, 3.63) is 35.4 Å². The Morgan fingerprint density at radius 2 is 2.04 bits per heavy atom. The minimum absolute atomic E-state index is 0.287. The maximum absolute atomic E-state index is 13.0. The Hall–Kier alpha value is -1.39. The fourth-order valence-electron chi connectivity index (χ4n) is 3.92. The number of amides is 1. The number of carbonyl (C=O) groups excluding carboxylic acids is 1. The van der Waals surface area contributed by atoms with E-state index in [0.29, 0.717) is 12.5 Å². The lowest BCUT2D eigenvalue weighted by atomic mass is 10.0. The first kappa shape index (κ1) is 17.4. The number of carbonyl (C=O) groups is 1. The van der Waals surface area contributed by atoms with Gasteiger partial charge in [-0.2, -0.15) is 0 Å². The SMILES string of the molecule is Cc1ccccc1CC(=O)N(CCN1CCCCC1)C1CCNC1. The second kappa shape index (κ2) is 8.63. The van der Waals surface area contributed by atoms with Crippen molar-refractivity contribution < 1.29 is 4.79 Å². The Kier molecular flexibility index (Phi) is 6.27. The zero-order valence-electron chi connectivity index (χ0n) is 15.0. The number of piperidine rings is 1. The van der Waals surface area contributed by atoms with E-state index in [1.165, 1.54) is 37.9 Å². The second-order valence-electron chi connectivity index (χ2n) is 7.24. The normalized spacial score (nSPS) is 21.8. The van der Waals surface area contributed by atoms with Crippen molar-refractivity contribution in [2.24, 2.45) is 0 Å². The van der Waals surface area contributed by atoms with Gasteiger partial charge in [0.2, 0.25) is 5.91 Å². The number of hydrogen-bond acceptors (Lipinski definition) is 3. The molecule has 2 fully saturated rings. The Bertz CT molecular complexity index is 533. The van der Waals surface area contributed by atoms with E-state index in [-0.39, 0.29) is 5.91 Å². The van der Waals surface area contributed by atoms with Crippen LogP contribution in [0.4, 0.5) is 0 Å². The molecular weight excluding hydrogens is 298 g/mol. The van der Waals surface area contributed by atoms with Crippen LogP contribution in [0.15, 0.2) is 24.3 Å². The zero-order valence-corrected chi connectivity index (χ0v) is 15.0. The summed E-state index contributed by atoms with van der Waals surface area (Å²) in [7, 11) is 0. The van der Waals surface area contributed by atoms with E-state index >= 15 is 0 Å². The Balaban J connectivity index is 1.62. The summed E-state index contributed by atoms with van der Waals surface area (Å²) in [5.41, 5.74) is 2.38. The first-order valence-electron chi connectivity index (χ1n) is 9.51. The summed E-state index contributed by atoms with van der Waals surface area (Å²) in [6.45, 7) is 8.36. The van der Waals surface area contributed by atoms with Crippen LogP contribution >= 0.6 is 0 Å². The van der Waals surface area contributed by atoms with Crippen molar-refractivity contribution >= 4 is 5.91 Å². The van der Waals surface area contributed by atoms with E-state index in [9.17, 15) is 4.79 Å². The minimum Gasteiger partial charge on any atom is -0.337 e. The van der Waals surface area contributed by atoms with E-state index in [4.69, 9.17) is 0 Å². The highest BCUT2D eigenvalue weighted by molar-refractivity contribution is 5.79. The van der Waals surface area contributed by atoms with Gasteiger partial charge in [-0.05, 0) is 56.9 Å². The molecule has 1 aromatic rings. The highest BCUT2D eigenvalue weighted by atomic mass is 16.2. The van der Waals surface area contributed by atoms with Crippen molar-refractivity contribution in [1.82, 2.24) is 15.1 Å². The molecule has 2 aliphatic rings. The fraction of sp³-hybridized carbons (Fsp3) is 0.650. The molecule has 1 N–H and O–H groups in total. The molecule has 3 rings (SSSR count). The largest absolute Gasteiger partial charge is 0.337 e. The van der Waals surface area contributed by atoms with Crippen LogP contribution in [0.2, 0.25) is 0 Å². The summed E-state index contributed by atoms with van der Waals surface area (Å²) in [4.78, 5) is 17.7. The molecule has 1 unspecified atom stereocenters. The van der Waals surface area contributed by atoms with E-state index in [0.717, 1.165) is 38.2 Å². The number of benzene rings is 1. The molecule has 0 radical (unpaired) electrons. The van der Waals surface area contributed by atoms with Crippen LogP contribution in [0.5, 0.6) is 0 Å². The average Bonchev–Trinajstić information content (AvgIpc) is 3.12. The predicted molar refractivity (Wildman–Crippen MR) is 98.2 cm³/mol. The van der Waals surface area contributed by atoms with Gasteiger partial charge in [-0.1, -0.05) is 30.7 Å². The van der Waals surface area contributed by atoms with Crippen LogP contribution in [0.25, 0.3) is 0 Å². The van der Waals surface area contributed by atoms with Gasteiger partial charge in [0.1, 0.15) is 0 Å². The van der Waals surface area contributed by atoms with Crippen LogP contribution in [-0.4, -0.2) is 61.0 Å². The van der Waals surface area contributed by atoms with E-state index in [2.05, 4.69) is 34.2 Å². The van der Waals surface area contributed by atoms with Gasteiger partial charge in [0.15, 0.2) is 0 Å². The summed E-state index contributed by atoms with van der Waals surface area (Å²) in [6, 6.07) is 8.62. The third-order valence-electron chi connectivity index (χ3n) is 5.50. The molecule has 0 bridgehead atoms. The topological polar surface area (TPSA) is 35.6 Å². The lowest BCUT2D eigenvalue weighted by Gasteiger charge is -2.33. The third-order valence-corrected chi connectivity index (χ3v) is 5.50. The van der Waals surface area contributed by atoms with Crippen molar-refractivity contribution in [3.8, 4) is 0 Å². The molecule has 4 heteroatoms. The number of likely N-dealkylation sites (tertiary alicyclic amines) is 1. The Morgan fingerprint density at radius 3 is 2.75 bits per heavy atom. The van der Waals surface area contributed by atoms with Crippen LogP contribution < -0.4 is 5.32 Å². The summed E-state index contributed by atoms with van der Waals surface area (Å²) in [5, 5.41) is 3.41. The van der Waals surface area contributed by atoms with E-state index in [1.807, 2.05) is 12.1 Å². The van der Waals surface area contributed by atoms with Gasteiger partial charge in [-0.15, -0.1) is 0 Å². The van der Waals surface area contributed by atoms with Gasteiger partial charge in [-0.25, -0.2) is 0 Å². The standard InChI is InChI=1S/C20H31N3O/c1-17-7-3-4-8-18(17)15-20(24)23(19-9-10-21-16-19)14-13-22-11-5-2-6-12-22/h3-4,7-8,19,21H,2,5-6,9-16H2,1H3. The number of rotatable bonds is 6. The molecule has 132 valence electrons. The number of hydrogen-bond donors (Lipinski definition) is 1. The highest BCUT2D eigenvalue weighted by Crippen LogP contribution is 2.15. The number of nitrogens with one attached hydrogen (secondary N) is 1. The molecule has 0 spiro atoms. The third kappa shape index (κ3) is 4.58. The zero-order chi connectivity index (χ0) is 16.8. The molecular formula is C20H31N3O. The van der Waals surface area contributed by atoms with Crippen molar-refractivity contribution in [3.63, 3.8) is 0 Å². The molecule has 2 aliphatic heterocycles. The monoisotopic (exact) mass is 329 g/mol. The summed E-state index contributed by atoms with van der Waals surface area (Å²) >= 11 is 0. The fourth-order valence-corrected chi connectivity index (χ4v) is 3.92. The van der Waals surface area contributed by atoms with E-state index < -0.39 is 0 Å². The number of nitrogens with zero attached hydrogens (tertiary/aromatic N) is 2. The average molecular weight is 329 g/mol. The molecule has 4 nitrogen and oxygen atoms in total.